The monoisotopic (exact) mass is 361 g/mol. The average molecular weight is 361 g/mol. The Morgan fingerprint density at radius 2 is 1.70 bits per heavy atom. The molecule has 3 aromatic rings. The minimum absolute atomic E-state index is 0.0796. The average Bonchev–Trinajstić information content (AvgIpc) is 3.16. The molecule has 0 bridgehead atoms. The standard InChI is InChI=1S/C21H23N5O/c1-15(27)22-16-8-10-17(11-9-16)23-21-18-6-2-3-7-19(18)24-20(25-21)14-26-12-4-5-13-26/h2-3,6-11H,4-5,12-14H2,1H3,(H,22,27)(H,23,24,25). The van der Waals surface area contributed by atoms with Gasteiger partial charge in [0.25, 0.3) is 0 Å². The fourth-order valence-electron chi connectivity index (χ4n) is 3.41. The molecule has 2 aromatic carbocycles. The molecule has 0 aliphatic carbocycles. The van der Waals surface area contributed by atoms with Crippen LogP contribution in [0.5, 0.6) is 0 Å². The second-order valence-corrected chi connectivity index (χ2v) is 6.87. The zero-order chi connectivity index (χ0) is 18.6. The number of para-hydroxylation sites is 1. The lowest BCUT2D eigenvalue weighted by Gasteiger charge is -2.16. The Bertz CT molecular complexity index is 948. The smallest absolute Gasteiger partial charge is 0.221 e. The summed E-state index contributed by atoms with van der Waals surface area (Å²) in [5.74, 6) is 1.57. The van der Waals surface area contributed by atoms with E-state index in [9.17, 15) is 4.79 Å². The summed E-state index contributed by atoms with van der Waals surface area (Å²) in [7, 11) is 0. The lowest BCUT2D eigenvalue weighted by Crippen LogP contribution is -2.20. The first kappa shape index (κ1) is 17.4. The molecule has 6 heteroatoms. The molecular weight excluding hydrogens is 338 g/mol. The maximum absolute atomic E-state index is 11.2. The highest BCUT2D eigenvalue weighted by Gasteiger charge is 2.15. The van der Waals surface area contributed by atoms with Gasteiger partial charge in [-0.25, -0.2) is 9.97 Å². The maximum Gasteiger partial charge on any atom is 0.221 e. The molecule has 2 heterocycles. The van der Waals surface area contributed by atoms with E-state index >= 15 is 0 Å². The molecule has 0 atom stereocenters. The van der Waals surface area contributed by atoms with Crippen molar-refractivity contribution in [1.82, 2.24) is 14.9 Å². The number of fused-ring (bicyclic) bond motifs is 1. The van der Waals surface area contributed by atoms with Crippen molar-refractivity contribution in [3.63, 3.8) is 0 Å². The Morgan fingerprint density at radius 1 is 1.00 bits per heavy atom. The number of carbonyl (C=O) groups excluding carboxylic acids is 1. The number of benzene rings is 2. The van der Waals surface area contributed by atoms with Gasteiger partial charge in [0.2, 0.25) is 5.91 Å². The van der Waals surface area contributed by atoms with Crippen molar-refractivity contribution in [2.75, 3.05) is 23.7 Å². The summed E-state index contributed by atoms with van der Waals surface area (Å²) in [5, 5.41) is 7.18. The number of hydrogen-bond donors (Lipinski definition) is 2. The van der Waals surface area contributed by atoms with Crippen molar-refractivity contribution >= 4 is 34.0 Å². The van der Waals surface area contributed by atoms with E-state index in [1.165, 1.54) is 19.8 Å². The summed E-state index contributed by atoms with van der Waals surface area (Å²) in [6.07, 6.45) is 2.50. The molecule has 1 saturated heterocycles. The van der Waals surface area contributed by atoms with Crippen LogP contribution in [0.4, 0.5) is 17.2 Å². The molecule has 1 fully saturated rings. The largest absolute Gasteiger partial charge is 0.340 e. The lowest BCUT2D eigenvalue weighted by atomic mass is 10.2. The van der Waals surface area contributed by atoms with Crippen LogP contribution in [-0.4, -0.2) is 33.9 Å². The normalized spacial score (nSPS) is 14.4. The predicted octanol–water partition coefficient (Wildman–Crippen LogP) is 3.93. The van der Waals surface area contributed by atoms with Gasteiger partial charge in [-0.1, -0.05) is 12.1 Å². The summed E-state index contributed by atoms with van der Waals surface area (Å²) in [5.41, 5.74) is 2.63. The van der Waals surface area contributed by atoms with Crippen molar-refractivity contribution in [1.29, 1.82) is 0 Å². The van der Waals surface area contributed by atoms with Crippen molar-refractivity contribution in [2.45, 2.75) is 26.3 Å². The van der Waals surface area contributed by atoms with Gasteiger partial charge < -0.3 is 10.6 Å². The molecule has 1 aliphatic rings. The molecule has 6 nitrogen and oxygen atoms in total. The first-order valence-corrected chi connectivity index (χ1v) is 9.30. The highest BCUT2D eigenvalue weighted by Crippen LogP contribution is 2.25. The minimum atomic E-state index is -0.0796. The number of likely N-dealkylation sites (tertiary alicyclic amines) is 1. The van der Waals surface area contributed by atoms with E-state index in [-0.39, 0.29) is 5.91 Å². The molecule has 4 rings (SSSR count). The van der Waals surface area contributed by atoms with E-state index in [0.717, 1.165) is 53.6 Å². The van der Waals surface area contributed by atoms with Crippen LogP contribution in [0.1, 0.15) is 25.6 Å². The van der Waals surface area contributed by atoms with Gasteiger partial charge in [0.05, 0.1) is 12.1 Å². The molecule has 1 aliphatic heterocycles. The molecule has 1 amide bonds. The Morgan fingerprint density at radius 3 is 2.44 bits per heavy atom. The molecule has 2 N–H and O–H groups in total. The number of carbonyl (C=O) groups is 1. The molecule has 0 radical (unpaired) electrons. The molecule has 138 valence electrons. The van der Waals surface area contributed by atoms with E-state index in [4.69, 9.17) is 9.97 Å². The SMILES string of the molecule is CC(=O)Nc1ccc(Nc2nc(CN3CCCC3)nc3ccccc23)cc1. The van der Waals surface area contributed by atoms with Crippen LogP contribution in [0.25, 0.3) is 10.9 Å². The second kappa shape index (κ2) is 7.72. The number of hydrogen-bond acceptors (Lipinski definition) is 5. The Balaban J connectivity index is 1.62. The zero-order valence-electron chi connectivity index (χ0n) is 15.4. The Labute approximate surface area is 158 Å². The fraction of sp³-hybridized carbons (Fsp3) is 0.286. The number of nitrogens with zero attached hydrogens (tertiary/aromatic N) is 3. The van der Waals surface area contributed by atoms with E-state index in [1.807, 2.05) is 48.5 Å². The number of anilines is 3. The van der Waals surface area contributed by atoms with Gasteiger partial charge in [-0.15, -0.1) is 0 Å². The molecular formula is C21H23N5O. The highest BCUT2D eigenvalue weighted by atomic mass is 16.1. The van der Waals surface area contributed by atoms with Crippen LogP contribution in [0, 0.1) is 0 Å². The van der Waals surface area contributed by atoms with Crippen LogP contribution in [0.3, 0.4) is 0 Å². The van der Waals surface area contributed by atoms with E-state index in [2.05, 4.69) is 15.5 Å². The first-order valence-electron chi connectivity index (χ1n) is 9.30. The Kier molecular flexibility index (Phi) is 4.98. The summed E-state index contributed by atoms with van der Waals surface area (Å²) >= 11 is 0. The van der Waals surface area contributed by atoms with Crippen LogP contribution < -0.4 is 10.6 Å². The quantitative estimate of drug-likeness (QED) is 0.721. The summed E-state index contributed by atoms with van der Waals surface area (Å²) in [6.45, 7) is 4.51. The fourth-order valence-corrected chi connectivity index (χ4v) is 3.41. The predicted molar refractivity (Wildman–Crippen MR) is 108 cm³/mol. The summed E-state index contributed by atoms with van der Waals surface area (Å²) < 4.78 is 0. The van der Waals surface area contributed by atoms with Crippen molar-refractivity contribution in [3.8, 4) is 0 Å². The van der Waals surface area contributed by atoms with Crippen molar-refractivity contribution in [2.24, 2.45) is 0 Å². The third kappa shape index (κ3) is 4.23. The Hall–Kier alpha value is -2.99. The summed E-state index contributed by atoms with van der Waals surface area (Å²) in [6, 6.07) is 15.7. The van der Waals surface area contributed by atoms with E-state index < -0.39 is 0 Å². The number of amides is 1. The molecule has 0 saturated carbocycles. The lowest BCUT2D eigenvalue weighted by molar-refractivity contribution is -0.114. The van der Waals surface area contributed by atoms with Gasteiger partial charge in [-0.2, -0.15) is 0 Å². The van der Waals surface area contributed by atoms with Gasteiger partial charge in [0, 0.05) is 23.7 Å². The van der Waals surface area contributed by atoms with Crippen LogP contribution in [0.15, 0.2) is 48.5 Å². The van der Waals surface area contributed by atoms with Gasteiger partial charge in [0.15, 0.2) is 0 Å². The van der Waals surface area contributed by atoms with Crippen molar-refractivity contribution < 1.29 is 4.79 Å². The van der Waals surface area contributed by atoms with Crippen LogP contribution >= 0.6 is 0 Å². The third-order valence-electron chi connectivity index (χ3n) is 4.68. The van der Waals surface area contributed by atoms with Gasteiger partial charge >= 0.3 is 0 Å². The topological polar surface area (TPSA) is 70.2 Å². The van der Waals surface area contributed by atoms with E-state index in [1.54, 1.807) is 0 Å². The number of rotatable bonds is 5. The highest BCUT2D eigenvalue weighted by molar-refractivity contribution is 5.91. The number of nitrogens with one attached hydrogen (secondary N) is 2. The second-order valence-electron chi connectivity index (χ2n) is 6.87. The molecule has 1 aromatic heterocycles. The van der Waals surface area contributed by atoms with Gasteiger partial charge in [0.1, 0.15) is 11.6 Å². The first-order chi connectivity index (χ1) is 13.2. The number of aromatic nitrogens is 2. The molecule has 0 spiro atoms. The van der Waals surface area contributed by atoms with Crippen molar-refractivity contribution in [3.05, 3.63) is 54.4 Å². The maximum atomic E-state index is 11.2. The molecule has 0 unspecified atom stereocenters. The van der Waals surface area contributed by atoms with Gasteiger partial charge in [-0.05, 0) is 62.3 Å². The van der Waals surface area contributed by atoms with Gasteiger partial charge in [-0.3, -0.25) is 9.69 Å². The van der Waals surface area contributed by atoms with Crippen LogP contribution in [-0.2, 0) is 11.3 Å². The third-order valence-corrected chi connectivity index (χ3v) is 4.68. The molecule has 27 heavy (non-hydrogen) atoms. The zero-order valence-corrected chi connectivity index (χ0v) is 15.4. The van der Waals surface area contributed by atoms with E-state index in [0.29, 0.717) is 0 Å². The van der Waals surface area contributed by atoms with Crippen LogP contribution in [0.2, 0.25) is 0 Å². The minimum Gasteiger partial charge on any atom is -0.340 e. The summed E-state index contributed by atoms with van der Waals surface area (Å²) in [4.78, 5) is 23.1.